The number of amides is 1. The SMILES string of the molecule is Cc1cccc(N2CSC3=C(C#N)[C@@H](c4cccc(OCc5ccccc5)c4)CC(=O)N3C2)c1. The molecule has 1 saturated heterocycles. The van der Waals surface area contributed by atoms with Crippen molar-refractivity contribution in [3.05, 3.63) is 106 Å². The summed E-state index contributed by atoms with van der Waals surface area (Å²) >= 11 is 1.56. The highest BCUT2D eigenvalue weighted by atomic mass is 32.2. The number of hydrogen-bond acceptors (Lipinski definition) is 5. The highest BCUT2D eigenvalue weighted by Crippen LogP contribution is 2.43. The molecule has 3 aromatic rings. The molecule has 6 heteroatoms. The normalized spacial score (nSPS) is 17.9. The first-order valence-corrected chi connectivity index (χ1v) is 12.3. The third-order valence-electron chi connectivity index (χ3n) is 6.17. The van der Waals surface area contributed by atoms with Gasteiger partial charge in [0.25, 0.3) is 0 Å². The van der Waals surface area contributed by atoms with E-state index in [1.54, 1.807) is 16.7 Å². The average molecular weight is 468 g/mol. The number of ether oxygens (including phenoxy) is 1. The van der Waals surface area contributed by atoms with Crippen LogP contribution in [0.2, 0.25) is 0 Å². The summed E-state index contributed by atoms with van der Waals surface area (Å²) in [6.45, 7) is 3.00. The maximum Gasteiger partial charge on any atom is 0.229 e. The second kappa shape index (κ2) is 9.66. The Kier molecular flexibility index (Phi) is 6.29. The predicted octanol–water partition coefficient (Wildman–Crippen LogP) is 5.79. The minimum atomic E-state index is -0.262. The molecule has 0 aromatic heterocycles. The second-order valence-corrected chi connectivity index (χ2v) is 9.48. The number of nitriles is 1. The van der Waals surface area contributed by atoms with Crippen LogP contribution < -0.4 is 9.64 Å². The molecule has 1 amide bonds. The zero-order valence-electron chi connectivity index (χ0n) is 19.0. The van der Waals surface area contributed by atoms with Gasteiger partial charge in [0.15, 0.2) is 0 Å². The third kappa shape index (κ3) is 4.52. The Hall–Kier alpha value is -3.69. The molecule has 0 spiro atoms. The molecule has 5 rings (SSSR count). The maximum atomic E-state index is 13.2. The molecule has 0 unspecified atom stereocenters. The van der Waals surface area contributed by atoms with E-state index in [9.17, 15) is 10.1 Å². The van der Waals surface area contributed by atoms with Gasteiger partial charge in [0.05, 0.1) is 29.2 Å². The number of rotatable bonds is 5. The Morgan fingerprint density at radius 1 is 1.06 bits per heavy atom. The summed E-state index contributed by atoms with van der Waals surface area (Å²) in [5.41, 5.74) is 4.95. The van der Waals surface area contributed by atoms with Crippen molar-refractivity contribution in [2.24, 2.45) is 0 Å². The first-order chi connectivity index (χ1) is 16.6. The minimum Gasteiger partial charge on any atom is -0.489 e. The zero-order valence-corrected chi connectivity index (χ0v) is 19.8. The molecule has 2 aliphatic rings. The van der Waals surface area contributed by atoms with Gasteiger partial charge in [0.1, 0.15) is 12.4 Å². The zero-order chi connectivity index (χ0) is 23.5. The first-order valence-electron chi connectivity index (χ1n) is 11.3. The van der Waals surface area contributed by atoms with Crippen molar-refractivity contribution in [3.63, 3.8) is 0 Å². The van der Waals surface area contributed by atoms with E-state index in [-0.39, 0.29) is 18.2 Å². The number of benzene rings is 3. The van der Waals surface area contributed by atoms with Gasteiger partial charge in [-0.15, -0.1) is 0 Å². The second-order valence-electron chi connectivity index (χ2n) is 8.55. The summed E-state index contributed by atoms with van der Waals surface area (Å²) in [5, 5.41) is 10.9. The number of hydrogen-bond donors (Lipinski definition) is 0. The number of aryl methyl sites for hydroxylation is 1. The first kappa shape index (κ1) is 22.1. The number of allylic oxidation sites excluding steroid dienone is 1. The Balaban J connectivity index is 1.38. The Morgan fingerprint density at radius 2 is 1.88 bits per heavy atom. The van der Waals surface area contributed by atoms with Crippen LogP contribution in [-0.4, -0.2) is 23.4 Å². The number of carbonyl (C=O) groups is 1. The van der Waals surface area contributed by atoms with Crippen LogP contribution in [-0.2, 0) is 11.4 Å². The van der Waals surface area contributed by atoms with Crippen molar-refractivity contribution in [3.8, 4) is 11.8 Å². The van der Waals surface area contributed by atoms with Crippen LogP contribution in [0, 0.1) is 18.3 Å². The predicted molar refractivity (Wildman–Crippen MR) is 135 cm³/mol. The summed E-state index contributed by atoms with van der Waals surface area (Å²) in [7, 11) is 0. The van der Waals surface area contributed by atoms with E-state index in [0.29, 0.717) is 24.7 Å². The molecule has 2 heterocycles. The van der Waals surface area contributed by atoms with E-state index in [1.165, 1.54) is 5.56 Å². The molecule has 2 aliphatic heterocycles. The lowest BCUT2D eigenvalue weighted by molar-refractivity contribution is -0.129. The van der Waals surface area contributed by atoms with Gasteiger partial charge in [-0.2, -0.15) is 5.26 Å². The third-order valence-corrected chi connectivity index (χ3v) is 7.32. The van der Waals surface area contributed by atoms with Crippen LogP contribution in [0.1, 0.15) is 29.0 Å². The lowest BCUT2D eigenvalue weighted by Crippen LogP contribution is -2.47. The van der Waals surface area contributed by atoms with Crippen molar-refractivity contribution >= 4 is 23.4 Å². The minimum absolute atomic E-state index is 0.0412. The molecular weight excluding hydrogens is 442 g/mol. The number of anilines is 1. The molecule has 34 heavy (non-hydrogen) atoms. The standard InChI is InChI=1S/C28H25N3O2S/c1-20-7-5-11-23(13-20)30-18-31-27(32)15-25(26(16-29)28(31)34-19-30)22-10-6-12-24(14-22)33-17-21-8-3-2-4-9-21/h2-14,25H,15,17-19H2,1H3/t25-/m1/s1. The van der Waals surface area contributed by atoms with Gasteiger partial charge in [-0.1, -0.05) is 66.4 Å². The van der Waals surface area contributed by atoms with Crippen LogP contribution in [0.15, 0.2) is 89.5 Å². The highest BCUT2D eigenvalue weighted by Gasteiger charge is 2.38. The Bertz CT molecular complexity index is 1280. The molecule has 5 nitrogen and oxygen atoms in total. The van der Waals surface area contributed by atoms with Gasteiger partial charge >= 0.3 is 0 Å². The fourth-order valence-electron chi connectivity index (χ4n) is 4.40. The number of thioether (sulfide) groups is 1. The summed E-state index contributed by atoms with van der Waals surface area (Å²) in [6.07, 6.45) is 0.275. The summed E-state index contributed by atoms with van der Waals surface area (Å²) < 4.78 is 5.99. The lowest BCUT2D eigenvalue weighted by Gasteiger charge is -2.42. The fraction of sp³-hybridized carbons (Fsp3) is 0.214. The van der Waals surface area contributed by atoms with E-state index >= 15 is 0 Å². The Morgan fingerprint density at radius 3 is 2.68 bits per heavy atom. The van der Waals surface area contributed by atoms with Crippen LogP contribution in [0.3, 0.4) is 0 Å². The van der Waals surface area contributed by atoms with Gasteiger partial charge in [0, 0.05) is 18.0 Å². The van der Waals surface area contributed by atoms with E-state index < -0.39 is 0 Å². The summed E-state index contributed by atoms with van der Waals surface area (Å²) in [5.74, 6) is 1.21. The smallest absolute Gasteiger partial charge is 0.229 e. The van der Waals surface area contributed by atoms with Crippen molar-refractivity contribution in [2.45, 2.75) is 25.9 Å². The maximum absolute atomic E-state index is 13.2. The monoisotopic (exact) mass is 467 g/mol. The van der Waals surface area contributed by atoms with Crippen LogP contribution in [0.4, 0.5) is 5.69 Å². The van der Waals surface area contributed by atoms with Crippen molar-refractivity contribution in [2.75, 3.05) is 17.4 Å². The number of fused-ring (bicyclic) bond motifs is 1. The van der Waals surface area contributed by atoms with Gasteiger partial charge in [-0.3, -0.25) is 9.69 Å². The molecule has 0 aliphatic carbocycles. The van der Waals surface area contributed by atoms with E-state index in [1.807, 2.05) is 60.7 Å². The van der Waals surface area contributed by atoms with Gasteiger partial charge < -0.3 is 9.64 Å². The molecule has 0 radical (unpaired) electrons. The van der Waals surface area contributed by atoms with E-state index in [4.69, 9.17) is 4.74 Å². The molecule has 170 valence electrons. The molecular formula is C28H25N3O2S. The summed E-state index contributed by atoms with van der Waals surface area (Å²) in [6, 6.07) is 28.5. The molecule has 1 atom stereocenters. The van der Waals surface area contributed by atoms with Gasteiger partial charge in [-0.25, -0.2) is 0 Å². The van der Waals surface area contributed by atoms with Crippen LogP contribution in [0.5, 0.6) is 5.75 Å². The molecule has 3 aromatic carbocycles. The number of nitrogens with zero attached hydrogens (tertiary/aromatic N) is 3. The topological polar surface area (TPSA) is 56.6 Å². The van der Waals surface area contributed by atoms with Crippen molar-refractivity contribution in [1.82, 2.24) is 4.90 Å². The molecule has 0 saturated carbocycles. The summed E-state index contributed by atoms with van der Waals surface area (Å²) in [4.78, 5) is 17.2. The number of carbonyl (C=O) groups excluding carboxylic acids is 1. The quantitative estimate of drug-likeness (QED) is 0.475. The molecule has 1 fully saturated rings. The van der Waals surface area contributed by atoms with Gasteiger partial charge in [0.2, 0.25) is 5.91 Å². The van der Waals surface area contributed by atoms with Crippen molar-refractivity contribution in [1.29, 1.82) is 5.26 Å². The largest absolute Gasteiger partial charge is 0.489 e. The van der Waals surface area contributed by atoms with E-state index in [2.05, 4.69) is 36.1 Å². The van der Waals surface area contributed by atoms with Gasteiger partial charge in [-0.05, 0) is 47.9 Å². The van der Waals surface area contributed by atoms with Crippen LogP contribution in [0.25, 0.3) is 0 Å². The van der Waals surface area contributed by atoms with Crippen LogP contribution >= 0.6 is 11.8 Å². The lowest BCUT2D eigenvalue weighted by atomic mass is 9.86. The molecule has 0 bridgehead atoms. The average Bonchev–Trinajstić information content (AvgIpc) is 2.88. The molecule has 0 N–H and O–H groups in total. The fourth-order valence-corrected chi connectivity index (χ4v) is 5.56. The Labute approximate surface area is 204 Å². The van der Waals surface area contributed by atoms with Crippen molar-refractivity contribution < 1.29 is 9.53 Å². The van der Waals surface area contributed by atoms with E-state index in [0.717, 1.165) is 27.6 Å². The highest BCUT2D eigenvalue weighted by molar-refractivity contribution is 8.03.